The molecule has 1 aromatic carbocycles. The number of rotatable bonds is 5. The summed E-state index contributed by atoms with van der Waals surface area (Å²) in [7, 11) is -2.91. The number of fused-ring (bicyclic) bond motifs is 1. The number of aliphatic hydroxyl groups is 1. The van der Waals surface area contributed by atoms with E-state index in [0.717, 1.165) is 36.1 Å². The number of sulfone groups is 1. The molecule has 106 valence electrons. The van der Waals surface area contributed by atoms with Crippen LogP contribution in [0.15, 0.2) is 18.2 Å². The van der Waals surface area contributed by atoms with Crippen LogP contribution in [0.25, 0.3) is 0 Å². The minimum Gasteiger partial charge on any atom is -0.494 e. The highest BCUT2D eigenvalue weighted by Crippen LogP contribution is 2.31. The maximum atomic E-state index is 11.0. The molecule has 0 aromatic heterocycles. The molecule has 0 radical (unpaired) electrons. The second kappa shape index (κ2) is 5.92. The fourth-order valence-electron chi connectivity index (χ4n) is 2.37. The second-order valence-corrected chi connectivity index (χ2v) is 7.36. The molecule has 0 spiro atoms. The van der Waals surface area contributed by atoms with Crippen molar-refractivity contribution in [3.05, 3.63) is 29.3 Å². The van der Waals surface area contributed by atoms with Gasteiger partial charge in [-0.15, -0.1) is 0 Å². The van der Waals surface area contributed by atoms with Crippen LogP contribution in [0.2, 0.25) is 0 Å². The van der Waals surface area contributed by atoms with Gasteiger partial charge in [0.25, 0.3) is 0 Å². The molecule has 5 heteroatoms. The number of ether oxygens (including phenoxy) is 1. The summed E-state index contributed by atoms with van der Waals surface area (Å²) in [6.45, 7) is 0.397. The van der Waals surface area contributed by atoms with E-state index in [1.165, 1.54) is 6.26 Å². The lowest BCUT2D eigenvalue weighted by molar-refractivity contribution is 0.156. The monoisotopic (exact) mass is 284 g/mol. The van der Waals surface area contributed by atoms with Crippen LogP contribution in [0.5, 0.6) is 5.75 Å². The Labute approximate surface area is 114 Å². The van der Waals surface area contributed by atoms with Gasteiger partial charge < -0.3 is 9.84 Å². The third-order valence-corrected chi connectivity index (χ3v) is 4.36. The van der Waals surface area contributed by atoms with Crippen molar-refractivity contribution in [3.63, 3.8) is 0 Å². The Morgan fingerprint density at radius 3 is 2.95 bits per heavy atom. The highest BCUT2D eigenvalue weighted by Gasteiger charge is 2.18. The summed E-state index contributed by atoms with van der Waals surface area (Å²) in [5.41, 5.74) is 2.13. The molecule has 0 amide bonds. The lowest BCUT2D eigenvalue weighted by Gasteiger charge is -2.21. The van der Waals surface area contributed by atoms with Crippen molar-refractivity contribution in [1.82, 2.24) is 0 Å². The van der Waals surface area contributed by atoms with Crippen molar-refractivity contribution < 1.29 is 18.3 Å². The van der Waals surface area contributed by atoms with Gasteiger partial charge in [0.2, 0.25) is 0 Å². The zero-order valence-electron chi connectivity index (χ0n) is 11.1. The molecular formula is C14H20O4S. The average Bonchev–Trinajstić information content (AvgIpc) is 2.34. The number of hydrogen-bond acceptors (Lipinski definition) is 4. The van der Waals surface area contributed by atoms with Gasteiger partial charge in [-0.1, -0.05) is 6.07 Å². The molecule has 1 unspecified atom stereocenters. The third kappa shape index (κ3) is 4.21. The highest BCUT2D eigenvalue weighted by molar-refractivity contribution is 7.90. The molecule has 0 aliphatic heterocycles. The molecule has 0 saturated carbocycles. The van der Waals surface area contributed by atoms with Gasteiger partial charge in [0, 0.05) is 6.26 Å². The molecule has 0 fully saturated rings. The number of aryl methyl sites for hydroxylation is 1. The predicted octanol–water partition coefficient (Wildman–Crippen LogP) is 1.87. The van der Waals surface area contributed by atoms with Crippen LogP contribution in [-0.2, 0) is 16.3 Å². The summed E-state index contributed by atoms with van der Waals surface area (Å²) in [4.78, 5) is 0. The van der Waals surface area contributed by atoms with Crippen LogP contribution in [0.1, 0.15) is 36.5 Å². The molecule has 0 bridgehead atoms. The normalized spacial score (nSPS) is 18.9. The average molecular weight is 284 g/mol. The summed E-state index contributed by atoms with van der Waals surface area (Å²) in [6, 6.07) is 5.71. The summed E-state index contributed by atoms with van der Waals surface area (Å²) in [5, 5.41) is 9.85. The van der Waals surface area contributed by atoms with Gasteiger partial charge in [-0.3, -0.25) is 0 Å². The third-order valence-electron chi connectivity index (χ3n) is 3.33. The van der Waals surface area contributed by atoms with E-state index in [1.807, 2.05) is 18.2 Å². The van der Waals surface area contributed by atoms with Crippen molar-refractivity contribution in [2.24, 2.45) is 0 Å². The topological polar surface area (TPSA) is 63.6 Å². The smallest absolute Gasteiger partial charge is 0.147 e. The first-order valence-electron chi connectivity index (χ1n) is 6.57. The summed E-state index contributed by atoms with van der Waals surface area (Å²) >= 11 is 0. The van der Waals surface area contributed by atoms with Crippen LogP contribution in [0, 0.1) is 0 Å². The van der Waals surface area contributed by atoms with Gasteiger partial charge in [0.1, 0.15) is 15.6 Å². The lowest BCUT2D eigenvalue weighted by Crippen LogP contribution is -2.10. The van der Waals surface area contributed by atoms with Crippen LogP contribution < -0.4 is 4.74 Å². The van der Waals surface area contributed by atoms with Crippen LogP contribution >= 0.6 is 0 Å². The molecule has 2 rings (SSSR count). The van der Waals surface area contributed by atoms with E-state index < -0.39 is 9.84 Å². The Bertz CT molecular complexity index is 536. The van der Waals surface area contributed by atoms with E-state index in [1.54, 1.807) is 0 Å². The Hall–Kier alpha value is -1.07. The van der Waals surface area contributed by atoms with Crippen molar-refractivity contribution in [3.8, 4) is 5.75 Å². The Morgan fingerprint density at radius 1 is 1.42 bits per heavy atom. The van der Waals surface area contributed by atoms with E-state index in [4.69, 9.17) is 4.74 Å². The van der Waals surface area contributed by atoms with Crippen molar-refractivity contribution in [2.45, 2.75) is 31.8 Å². The maximum Gasteiger partial charge on any atom is 0.147 e. The van der Waals surface area contributed by atoms with E-state index in [0.29, 0.717) is 13.0 Å². The van der Waals surface area contributed by atoms with Crippen LogP contribution in [0.3, 0.4) is 0 Å². The SMILES string of the molecule is CS(=O)(=O)CCCOc1ccc2c(c1)CCCC2O. The molecule has 1 aliphatic rings. The van der Waals surface area contributed by atoms with Crippen LogP contribution in [0.4, 0.5) is 0 Å². The fraction of sp³-hybridized carbons (Fsp3) is 0.571. The molecule has 4 nitrogen and oxygen atoms in total. The molecule has 1 aromatic rings. The first kappa shape index (κ1) is 14.3. The van der Waals surface area contributed by atoms with E-state index in [9.17, 15) is 13.5 Å². The number of benzene rings is 1. The van der Waals surface area contributed by atoms with E-state index >= 15 is 0 Å². The minimum atomic E-state index is -2.91. The maximum absolute atomic E-state index is 11.0. The van der Waals surface area contributed by atoms with Gasteiger partial charge >= 0.3 is 0 Å². The number of aliphatic hydroxyl groups excluding tert-OH is 1. The molecule has 19 heavy (non-hydrogen) atoms. The molecule has 0 saturated heterocycles. The van der Waals surface area contributed by atoms with E-state index in [2.05, 4.69) is 0 Å². The summed E-state index contributed by atoms with van der Waals surface area (Å²) < 4.78 is 27.5. The molecule has 0 heterocycles. The van der Waals surface area contributed by atoms with Gasteiger partial charge in [0.05, 0.1) is 18.5 Å². The Balaban J connectivity index is 1.92. The quantitative estimate of drug-likeness (QED) is 0.838. The van der Waals surface area contributed by atoms with E-state index in [-0.39, 0.29) is 11.9 Å². The Kier molecular flexibility index (Phi) is 4.47. The molecule has 1 N–H and O–H groups in total. The molecular weight excluding hydrogens is 264 g/mol. The zero-order chi connectivity index (χ0) is 13.9. The summed E-state index contributed by atoms with van der Waals surface area (Å²) in [6.07, 6.45) is 4.15. The largest absolute Gasteiger partial charge is 0.494 e. The molecule has 1 atom stereocenters. The fourth-order valence-corrected chi connectivity index (χ4v) is 3.01. The standard InChI is InChI=1S/C14H20O4S/c1-19(16,17)9-3-8-18-12-6-7-13-11(10-12)4-2-5-14(13)15/h6-7,10,14-15H,2-5,8-9H2,1H3. The van der Waals surface area contributed by atoms with Gasteiger partial charge in [-0.05, 0) is 48.9 Å². The first-order valence-corrected chi connectivity index (χ1v) is 8.63. The minimum absolute atomic E-state index is 0.149. The van der Waals surface area contributed by atoms with Gasteiger partial charge in [0.15, 0.2) is 0 Å². The van der Waals surface area contributed by atoms with Gasteiger partial charge in [-0.25, -0.2) is 8.42 Å². The van der Waals surface area contributed by atoms with Gasteiger partial charge in [-0.2, -0.15) is 0 Å². The Morgan fingerprint density at radius 2 is 2.21 bits per heavy atom. The highest BCUT2D eigenvalue weighted by atomic mass is 32.2. The van der Waals surface area contributed by atoms with Crippen LogP contribution in [-0.4, -0.2) is 32.1 Å². The molecule has 1 aliphatic carbocycles. The van der Waals surface area contributed by atoms with Crippen molar-refractivity contribution in [1.29, 1.82) is 0 Å². The second-order valence-electron chi connectivity index (χ2n) is 5.10. The summed E-state index contributed by atoms with van der Waals surface area (Å²) in [5.74, 6) is 0.901. The predicted molar refractivity (Wildman–Crippen MR) is 74.2 cm³/mol. The number of hydrogen-bond donors (Lipinski definition) is 1. The lowest BCUT2D eigenvalue weighted by atomic mass is 9.89. The first-order chi connectivity index (χ1) is 8.96. The van der Waals surface area contributed by atoms with Crippen molar-refractivity contribution >= 4 is 9.84 Å². The van der Waals surface area contributed by atoms with Crippen molar-refractivity contribution in [2.75, 3.05) is 18.6 Å². The zero-order valence-corrected chi connectivity index (χ0v) is 11.9.